The monoisotopic (exact) mass is 496 g/mol. The van der Waals surface area contributed by atoms with Gasteiger partial charge in [0.15, 0.2) is 5.16 Å². The molecule has 1 N–H and O–H groups in total. The highest BCUT2D eigenvalue weighted by Crippen LogP contribution is 2.30. The zero-order valence-corrected chi connectivity index (χ0v) is 21.0. The van der Waals surface area contributed by atoms with Gasteiger partial charge in [0, 0.05) is 18.1 Å². The molecule has 0 radical (unpaired) electrons. The van der Waals surface area contributed by atoms with Crippen molar-refractivity contribution in [2.24, 2.45) is 0 Å². The summed E-state index contributed by atoms with van der Waals surface area (Å²) in [5, 5.41) is 4.31. The Morgan fingerprint density at radius 2 is 2.00 bits per heavy atom. The zero-order valence-electron chi connectivity index (χ0n) is 19.4. The fraction of sp³-hybridized carbons (Fsp3) is 0.360. The minimum absolute atomic E-state index is 0.0615. The molecule has 4 rings (SSSR count). The number of carbonyl (C=O) groups is 1. The summed E-state index contributed by atoms with van der Waals surface area (Å²) in [7, 11) is 0. The average Bonchev–Trinajstić information content (AvgIpc) is 3.23. The van der Waals surface area contributed by atoms with E-state index in [0.29, 0.717) is 35.1 Å². The number of carbonyl (C=O) groups excluding carboxylic acids is 1. The molecule has 3 heterocycles. The van der Waals surface area contributed by atoms with Crippen LogP contribution in [0.1, 0.15) is 38.7 Å². The van der Waals surface area contributed by atoms with Gasteiger partial charge in [-0.2, -0.15) is 0 Å². The van der Waals surface area contributed by atoms with Crippen LogP contribution in [0, 0.1) is 0 Å². The summed E-state index contributed by atoms with van der Waals surface area (Å²) in [6, 6.07) is 11.5. The minimum atomic E-state index is -0.117. The molecule has 1 amide bonds. The highest BCUT2D eigenvalue weighted by atomic mass is 32.2. The lowest BCUT2D eigenvalue weighted by Gasteiger charge is -2.13. The van der Waals surface area contributed by atoms with Gasteiger partial charge < -0.3 is 10.1 Å². The van der Waals surface area contributed by atoms with Crippen LogP contribution in [0.4, 0.5) is 0 Å². The highest BCUT2D eigenvalue weighted by Gasteiger charge is 2.18. The number of ether oxygens (including phenoxy) is 1. The Morgan fingerprint density at radius 3 is 2.76 bits per heavy atom. The van der Waals surface area contributed by atoms with Crippen LogP contribution in [-0.4, -0.2) is 39.3 Å². The number of hydrogen-bond donors (Lipinski definition) is 1. The fourth-order valence-corrected chi connectivity index (χ4v) is 5.32. The van der Waals surface area contributed by atoms with E-state index in [1.807, 2.05) is 36.4 Å². The van der Waals surface area contributed by atoms with Gasteiger partial charge in [-0.3, -0.25) is 14.2 Å². The Hall–Kier alpha value is -2.91. The summed E-state index contributed by atoms with van der Waals surface area (Å²) in [4.78, 5) is 35.9. The average molecular weight is 497 g/mol. The first-order chi connectivity index (χ1) is 16.6. The highest BCUT2D eigenvalue weighted by molar-refractivity contribution is 7.99. The van der Waals surface area contributed by atoms with Gasteiger partial charge in [-0.25, -0.2) is 9.97 Å². The molecule has 0 spiro atoms. The molecule has 178 valence electrons. The van der Waals surface area contributed by atoms with Gasteiger partial charge in [-0.15, -0.1) is 11.3 Å². The smallest absolute Gasteiger partial charge is 0.272 e. The number of nitrogens with zero attached hydrogens (tertiary/aromatic N) is 3. The van der Waals surface area contributed by atoms with Crippen molar-refractivity contribution in [3.8, 4) is 5.75 Å². The second kappa shape index (κ2) is 11.5. The normalized spacial score (nSPS) is 11.2. The Morgan fingerprint density at radius 1 is 1.18 bits per heavy atom. The topological polar surface area (TPSA) is 86.1 Å². The van der Waals surface area contributed by atoms with Gasteiger partial charge in [0.25, 0.3) is 5.56 Å². The predicted molar refractivity (Wildman–Crippen MR) is 139 cm³/mol. The van der Waals surface area contributed by atoms with Crippen molar-refractivity contribution < 1.29 is 9.53 Å². The largest absolute Gasteiger partial charge is 0.494 e. The molecule has 1 aromatic carbocycles. The number of nitrogens with one attached hydrogen (secondary N) is 1. The maximum Gasteiger partial charge on any atom is 0.272 e. The third-order valence-corrected chi connectivity index (χ3v) is 7.31. The van der Waals surface area contributed by atoms with E-state index in [1.54, 1.807) is 10.8 Å². The molecule has 4 aromatic rings. The molecule has 9 heteroatoms. The van der Waals surface area contributed by atoms with Crippen molar-refractivity contribution >= 4 is 49.4 Å². The number of amides is 1. The van der Waals surface area contributed by atoms with E-state index in [2.05, 4.69) is 24.1 Å². The van der Waals surface area contributed by atoms with Gasteiger partial charge in [0.05, 0.1) is 24.4 Å². The van der Waals surface area contributed by atoms with Crippen LogP contribution in [0.5, 0.6) is 5.75 Å². The lowest BCUT2D eigenvalue weighted by Crippen LogP contribution is -2.27. The summed E-state index contributed by atoms with van der Waals surface area (Å²) in [5.41, 5.74) is 1.49. The maximum absolute atomic E-state index is 13.6. The van der Waals surface area contributed by atoms with Crippen LogP contribution in [0.15, 0.2) is 52.5 Å². The molecule has 0 aliphatic rings. The number of unbranched alkanes of at least 4 members (excludes halogenated alkanes) is 1. The van der Waals surface area contributed by atoms with Gasteiger partial charge in [-0.05, 0) is 42.7 Å². The van der Waals surface area contributed by atoms with Crippen LogP contribution in [-0.2, 0) is 11.3 Å². The zero-order chi connectivity index (χ0) is 23.9. The number of rotatable bonds is 11. The standard InChI is InChI=1S/C25H28N4O3S2/c1-3-5-12-26-20(30)16-33-25-28-21-19-7-6-13-27-23(19)34-22(21)24(31)29(25)15-17-8-10-18(11-9-17)32-14-4-2/h6-11,13H,3-5,12,14-16H2,1-2H3,(H,26,30). The third-order valence-electron chi connectivity index (χ3n) is 5.24. The van der Waals surface area contributed by atoms with Gasteiger partial charge in [-0.1, -0.05) is 44.2 Å². The first-order valence-electron chi connectivity index (χ1n) is 11.5. The van der Waals surface area contributed by atoms with Crippen molar-refractivity contribution in [1.29, 1.82) is 0 Å². The number of thioether (sulfide) groups is 1. The van der Waals surface area contributed by atoms with E-state index < -0.39 is 0 Å². The van der Waals surface area contributed by atoms with E-state index in [9.17, 15) is 9.59 Å². The molecule has 0 bridgehead atoms. The fourth-order valence-electron chi connectivity index (χ4n) is 3.47. The van der Waals surface area contributed by atoms with Crippen LogP contribution in [0.25, 0.3) is 20.4 Å². The van der Waals surface area contributed by atoms with Gasteiger partial charge in [0.2, 0.25) is 5.91 Å². The summed E-state index contributed by atoms with van der Waals surface area (Å²) in [6.45, 7) is 5.83. The Labute approximate surface area is 206 Å². The van der Waals surface area contributed by atoms with E-state index in [-0.39, 0.29) is 17.2 Å². The number of hydrogen-bond acceptors (Lipinski definition) is 7. The number of pyridine rings is 1. The molecule has 0 fully saturated rings. The summed E-state index contributed by atoms with van der Waals surface area (Å²) >= 11 is 2.64. The molecule has 0 atom stereocenters. The lowest BCUT2D eigenvalue weighted by molar-refractivity contribution is -0.118. The number of fused-ring (bicyclic) bond motifs is 3. The lowest BCUT2D eigenvalue weighted by atomic mass is 10.2. The summed E-state index contributed by atoms with van der Waals surface area (Å²) in [6.07, 6.45) is 4.62. The molecule has 0 unspecified atom stereocenters. The number of aromatic nitrogens is 3. The SMILES string of the molecule is CCCCNC(=O)CSc1nc2c(sc3ncccc32)c(=O)n1Cc1ccc(OCCC)cc1. The predicted octanol–water partition coefficient (Wildman–Crippen LogP) is 4.85. The molecule has 7 nitrogen and oxygen atoms in total. The first kappa shape index (κ1) is 24.2. The Bertz CT molecular complexity index is 1330. The van der Waals surface area contributed by atoms with Crippen molar-refractivity contribution in [1.82, 2.24) is 19.9 Å². The Kier molecular flexibility index (Phi) is 8.18. The van der Waals surface area contributed by atoms with Gasteiger partial charge >= 0.3 is 0 Å². The van der Waals surface area contributed by atoms with Crippen molar-refractivity contribution in [2.75, 3.05) is 18.9 Å². The van der Waals surface area contributed by atoms with E-state index in [0.717, 1.165) is 40.8 Å². The van der Waals surface area contributed by atoms with E-state index >= 15 is 0 Å². The second-order valence-corrected chi connectivity index (χ2v) is 9.85. The summed E-state index contributed by atoms with van der Waals surface area (Å²) in [5.74, 6) is 0.945. The Balaban J connectivity index is 1.67. The third kappa shape index (κ3) is 5.59. The van der Waals surface area contributed by atoms with E-state index in [1.165, 1.54) is 23.1 Å². The quantitative estimate of drug-likeness (QED) is 0.181. The van der Waals surface area contributed by atoms with Crippen molar-refractivity contribution in [2.45, 2.75) is 44.8 Å². The maximum atomic E-state index is 13.6. The molecule has 0 saturated carbocycles. The van der Waals surface area contributed by atoms with Crippen LogP contribution < -0.4 is 15.6 Å². The summed E-state index contributed by atoms with van der Waals surface area (Å²) < 4.78 is 7.90. The molecule has 3 aromatic heterocycles. The molecular formula is C25H28N4O3S2. The molecular weight excluding hydrogens is 468 g/mol. The van der Waals surface area contributed by atoms with Gasteiger partial charge in [0.1, 0.15) is 15.3 Å². The molecule has 0 saturated heterocycles. The first-order valence-corrected chi connectivity index (χ1v) is 13.3. The molecule has 34 heavy (non-hydrogen) atoms. The molecule has 0 aliphatic carbocycles. The van der Waals surface area contributed by atoms with Crippen molar-refractivity contribution in [3.63, 3.8) is 0 Å². The van der Waals surface area contributed by atoms with Crippen LogP contribution in [0.2, 0.25) is 0 Å². The number of benzene rings is 1. The minimum Gasteiger partial charge on any atom is -0.494 e. The van der Waals surface area contributed by atoms with Crippen molar-refractivity contribution in [3.05, 3.63) is 58.5 Å². The van der Waals surface area contributed by atoms with Crippen LogP contribution in [0.3, 0.4) is 0 Å². The second-order valence-electron chi connectivity index (χ2n) is 7.91. The van der Waals surface area contributed by atoms with E-state index in [4.69, 9.17) is 9.72 Å². The van der Waals surface area contributed by atoms with Crippen LogP contribution >= 0.6 is 23.1 Å². The molecule has 0 aliphatic heterocycles. The number of thiophene rings is 1.